The molecule has 6 heteroatoms. The Morgan fingerprint density at radius 3 is 3.12 bits per heavy atom. The van der Waals surface area contributed by atoms with Crippen molar-refractivity contribution >= 4 is 11.8 Å². The van der Waals surface area contributed by atoms with Crippen molar-refractivity contribution in [2.45, 2.75) is 19.8 Å². The van der Waals surface area contributed by atoms with E-state index in [1.807, 2.05) is 0 Å². The molecule has 2 heterocycles. The van der Waals surface area contributed by atoms with Gasteiger partial charge in [0.05, 0.1) is 12.2 Å². The summed E-state index contributed by atoms with van der Waals surface area (Å²) < 4.78 is 4.77. The highest BCUT2D eigenvalue weighted by Gasteiger charge is 2.18. The molecule has 2 rings (SSSR count). The summed E-state index contributed by atoms with van der Waals surface area (Å²) in [6.07, 6.45) is 1.59. The van der Waals surface area contributed by atoms with Crippen molar-refractivity contribution in [1.29, 1.82) is 0 Å². The van der Waals surface area contributed by atoms with E-state index in [2.05, 4.69) is 15.3 Å². The molecule has 0 radical (unpaired) electrons. The predicted octanol–water partition coefficient (Wildman–Crippen LogP) is 0.305. The first-order valence-corrected chi connectivity index (χ1v) is 5.26. The summed E-state index contributed by atoms with van der Waals surface area (Å²) in [5.41, 5.74) is 0.347. The minimum absolute atomic E-state index is 0.0417. The Balaban J connectivity index is 2.39. The number of ether oxygens (including phenoxy) is 1. The molecule has 1 aromatic rings. The number of esters is 1. The Morgan fingerprint density at radius 2 is 2.38 bits per heavy atom. The standard InChI is InChI=1S/C10H13N3O3/c1-2-16-10(15)8-12-7-6(9(14)13-8)4-3-5-11-7/h2-5H2,1H3,(H2,11,12,13,14). The molecule has 86 valence electrons. The van der Waals surface area contributed by atoms with Crippen LogP contribution in [0.1, 0.15) is 29.5 Å². The predicted molar refractivity (Wildman–Crippen MR) is 57.6 cm³/mol. The van der Waals surface area contributed by atoms with Crippen LogP contribution in [0.3, 0.4) is 0 Å². The summed E-state index contributed by atoms with van der Waals surface area (Å²) in [6.45, 7) is 2.73. The number of hydrogen-bond acceptors (Lipinski definition) is 5. The Bertz CT molecular complexity index is 467. The number of carbonyl (C=O) groups excluding carboxylic acids is 1. The van der Waals surface area contributed by atoms with Crippen LogP contribution in [0.5, 0.6) is 0 Å². The molecule has 0 bridgehead atoms. The van der Waals surface area contributed by atoms with Gasteiger partial charge in [0.1, 0.15) is 5.82 Å². The number of aromatic nitrogens is 2. The Hall–Kier alpha value is -1.85. The lowest BCUT2D eigenvalue weighted by Crippen LogP contribution is -2.27. The second-order valence-electron chi connectivity index (χ2n) is 3.49. The molecule has 0 saturated carbocycles. The molecule has 2 N–H and O–H groups in total. The highest BCUT2D eigenvalue weighted by atomic mass is 16.5. The maximum atomic E-state index is 11.7. The number of anilines is 1. The summed E-state index contributed by atoms with van der Waals surface area (Å²) in [7, 11) is 0. The molecule has 1 aliphatic heterocycles. The van der Waals surface area contributed by atoms with Gasteiger partial charge in [0.25, 0.3) is 5.56 Å². The van der Waals surface area contributed by atoms with Gasteiger partial charge in [-0.3, -0.25) is 4.79 Å². The molecule has 0 spiro atoms. The van der Waals surface area contributed by atoms with Crippen molar-refractivity contribution in [3.05, 3.63) is 21.7 Å². The summed E-state index contributed by atoms with van der Waals surface area (Å²) >= 11 is 0. The van der Waals surface area contributed by atoms with Crippen molar-refractivity contribution in [2.24, 2.45) is 0 Å². The Labute approximate surface area is 92.0 Å². The first-order valence-electron chi connectivity index (χ1n) is 5.26. The summed E-state index contributed by atoms with van der Waals surface area (Å²) in [5, 5.41) is 3.00. The van der Waals surface area contributed by atoms with E-state index in [1.54, 1.807) is 6.92 Å². The van der Waals surface area contributed by atoms with E-state index in [0.717, 1.165) is 13.0 Å². The highest BCUT2D eigenvalue weighted by molar-refractivity contribution is 5.85. The first-order chi connectivity index (χ1) is 7.72. The fourth-order valence-electron chi connectivity index (χ4n) is 1.64. The Kier molecular flexibility index (Phi) is 2.89. The van der Waals surface area contributed by atoms with Crippen molar-refractivity contribution in [2.75, 3.05) is 18.5 Å². The topological polar surface area (TPSA) is 84.1 Å². The average Bonchev–Trinajstić information content (AvgIpc) is 2.29. The fraction of sp³-hybridized carbons (Fsp3) is 0.500. The van der Waals surface area contributed by atoms with Crippen LogP contribution in [-0.4, -0.2) is 29.1 Å². The van der Waals surface area contributed by atoms with Crippen molar-refractivity contribution < 1.29 is 9.53 Å². The number of H-pyrrole nitrogens is 1. The van der Waals surface area contributed by atoms with Gasteiger partial charge in [-0.1, -0.05) is 0 Å². The zero-order valence-corrected chi connectivity index (χ0v) is 9.00. The highest BCUT2D eigenvalue weighted by Crippen LogP contribution is 2.14. The lowest BCUT2D eigenvalue weighted by molar-refractivity contribution is 0.0511. The van der Waals surface area contributed by atoms with Gasteiger partial charge in [0.2, 0.25) is 5.82 Å². The molecule has 0 saturated heterocycles. The van der Waals surface area contributed by atoms with Crippen LogP contribution < -0.4 is 10.9 Å². The fourth-order valence-corrected chi connectivity index (χ4v) is 1.64. The van der Waals surface area contributed by atoms with Gasteiger partial charge >= 0.3 is 5.97 Å². The molecule has 0 atom stereocenters. The van der Waals surface area contributed by atoms with Crippen molar-refractivity contribution in [3.8, 4) is 0 Å². The van der Waals surface area contributed by atoms with E-state index >= 15 is 0 Å². The van der Waals surface area contributed by atoms with Gasteiger partial charge in [0, 0.05) is 6.54 Å². The van der Waals surface area contributed by atoms with Gasteiger partial charge in [-0.25, -0.2) is 9.78 Å². The maximum Gasteiger partial charge on any atom is 0.374 e. The minimum Gasteiger partial charge on any atom is -0.460 e. The quantitative estimate of drug-likeness (QED) is 0.705. The number of nitrogens with zero attached hydrogens (tertiary/aromatic N) is 1. The van der Waals surface area contributed by atoms with Crippen LogP contribution >= 0.6 is 0 Å². The lowest BCUT2D eigenvalue weighted by Gasteiger charge is -2.15. The molecule has 0 fully saturated rings. The molecular formula is C10H13N3O3. The van der Waals surface area contributed by atoms with Crippen LogP contribution in [-0.2, 0) is 11.2 Å². The number of hydrogen-bond donors (Lipinski definition) is 2. The smallest absolute Gasteiger partial charge is 0.374 e. The molecule has 6 nitrogen and oxygen atoms in total. The van der Waals surface area contributed by atoms with Crippen LogP contribution in [0.25, 0.3) is 0 Å². The van der Waals surface area contributed by atoms with E-state index in [1.165, 1.54) is 0 Å². The molecule has 0 amide bonds. The third-order valence-electron chi connectivity index (χ3n) is 2.38. The van der Waals surface area contributed by atoms with Crippen molar-refractivity contribution in [3.63, 3.8) is 0 Å². The molecule has 0 aromatic carbocycles. The van der Waals surface area contributed by atoms with E-state index < -0.39 is 5.97 Å². The molecular weight excluding hydrogens is 210 g/mol. The third-order valence-corrected chi connectivity index (χ3v) is 2.38. The van der Waals surface area contributed by atoms with Crippen molar-refractivity contribution in [1.82, 2.24) is 9.97 Å². The first kappa shape index (κ1) is 10.7. The summed E-state index contributed by atoms with van der Waals surface area (Å²) in [6, 6.07) is 0. The monoisotopic (exact) mass is 223 g/mol. The van der Waals surface area contributed by atoms with E-state index in [-0.39, 0.29) is 18.0 Å². The van der Waals surface area contributed by atoms with E-state index in [4.69, 9.17) is 4.74 Å². The van der Waals surface area contributed by atoms with Gasteiger partial charge in [-0.2, -0.15) is 0 Å². The van der Waals surface area contributed by atoms with E-state index in [9.17, 15) is 9.59 Å². The number of aromatic amines is 1. The van der Waals surface area contributed by atoms with Crippen LogP contribution in [0.15, 0.2) is 4.79 Å². The van der Waals surface area contributed by atoms with Gasteiger partial charge < -0.3 is 15.0 Å². The van der Waals surface area contributed by atoms with Gasteiger partial charge in [-0.15, -0.1) is 0 Å². The molecule has 0 aliphatic carbocycles. The average molecular weight is 223 g/mol. The normalized spacial score (nSPS) is 13.8. The minimum atomic E-state index is -0.602. The number of nitrogens with one attached hydrogen (secondary N) is 2. The number of carbonyl (C=O) groups is 1. The number of rotatable bonds is 2. The summed E-state index contributed by atoms with van der Waals surface area (Å²) in [5.74, 6) is -0.146. The van der Waals surface area contributed by atoms with Gasteiger partial charge in [0.15, 0.2) is 0 Å². The third kappa shape index (κ3) is 1.91. The van der Waals surface area contributed by atoms with Gasteiger partial charge in [-0.05, 0) is 19.8 Å². The largest absolute Gasteiger partial charge is 0.460 e. The number of fused-ring (bicyclic) bond motifs is 1. The molecule has 0 unspecified atom stereocenters. The second kappa shape index (κ2) is 4.34. The molecule has 16 heavy (non-hydrogen) atoms. The lowest BCUT2D eigenvalue weighted by atomic mass is 10.1. The molecule has 1 aromatic heterocycles. The van der Waals surface area contributed by atoms with Crippen LogP contribution in [0, 0.1) is 0 Å². The van der Waals surface area contributed by atoms with Crippen LogP contribution in [0.2, 0.25) is 0 Å². The van der Waals surface area contributed by atoms with Crippen LogP contribution in [0.4, 0.5) is 5.82 Å². The maximum absolute atomic E-state index is 11.7. The van der Waals surface area contributed by atoms with E-state index in [0.29, 0.717) is 17.8 Å². The Morgan fingerprint density at radius 1 is 1.56 bits per heavy atom. The zero-order chi connectivity index (χ0) is 11.5. The summed E-state index contributed by atoms with van der Waals surface area (Å²) in [4.78, 5) is 29.5. The SMILES string of the molecule is CCOC(=O)c1nc2c(c(=O)[nH]1)CCCN2. The second-order valence-corrected chi connectivity index (χ2v) is 3.49. The molecule has 1 aliphatic rings. The zero-order valence-electron chi connectivity index (χ0n) is 9.00.